The topological polar surface area (TPSA) is 35.2 Å². The number of hydrogen-bond donors (Lipinski definition) is 1. The lowest BCUT2D eigenvalue weighted by Gasteiger charge is -2.39. The molecule has 2 N–H and O–H groups in total. The average Bonchev–Trinajstić information content (AvgIpc) is 2.23. The van der Waals surface area contributed by atoms with E-state index in [4.69, 9.17) is 10.5 Å². The van der Waals surface area contributed by atoms with Gasteiger partial charge in [-0.05, 0) is 42.7 Å². The van der Waals surface area contributed by atoms with E-state index in [1.807, 2.05) is 0 Å². The van der Waals surface area contributed by atoms with Gasteiger partial charge >= 0.3 is 0 Å². The maximum absolute atomic E-state index is 6.45. The third-order valence-electron chi connectivity index (χ3n) is 3.78. The van der Waals surface area contributed by atoms with Gasteiger partial charge in [-0.3, -0.25) is 0 Å². The maximum atomic E-state index is 6.45. The first-order chi connectivity index (χ1) is 8.34. The Morgan fingerprint density at radius 2 is 1.94 bits per heavy atom. The SMILES string of the molecule is COc1ccc(CC(C)(C)C)cc1C1(N)CCC1. The van der Waals surface area contributed by atoms with Gasteiger partial charge in [0.15, 0.2) is 0 Å². The molecule has 1 aromatic rings. The second-order valence-corrected chi connectivity index (χ2v) is 6.78. The van der Waals surface area contributed by atoms with E-state index in [1.165, 1.54) is 17.5 Å². The Kier molecular flexibility index (Phi) is 3.41. The zero-order chi connectivity index (χ0) is 13.4. The van der Waals surface area contributed by atoms with Crippen LogP contribution in [-0.4, -0.2) is 7.11 Å². The number of ether oxygens (including phenoxy) is 1. The first-order valence-electron chi connectivity index (χ1n) is 6.80. The summed E-state index contributed by atoms with van der Waals surface area (Å²) in [4.78, 5) is 0. The van der Waals surface area contributed by atoms with Crippen molar-refractivity contribution in [2.75, 3.05) is 7.11 Å². The Balaban J connectivity index is 2.33. The predicted molar refractivity (Wildman–Crippen MR) is 75.9 cm³/mol. The van der Waals surface area contributed by atoms with E-state index < -0.39 is 0 Å². The van der Waals surface area contributed by atoms with Crippen LogP contribution in [0.2, 0.25) is 0 Å². The lowest BCUT2D eigenvalue weighted by Crippen LogP contribution is -2.43. The summed E-state index contributed by atoms with van der Waals surface area (Å²) in [6.07, 6.45) is 4.44. The van der Waals surface area contributed by atoms with E-state index in [2.05, 4.69) is 39.0 Å². The standard InChI is InChI=1S/C16H25NO/c1-15(2,3)11-12-6-7-14(18-4)13(10-12)16(17)8-5-9-16/h6-7,10H,5,8-9,11,17H2,1-4H3. The van der Waals surface area contributed by atoms with E-state index in [0.29, 0.717) is 5.41 Å². The van der Waals surface area contributed by atoms with Gasteiger partial charge in [0, 0.05) is 11.1 Å². The number of hydrogen-bond acceptors (Lipinski definition) is 2. The molecule has 0 saturated heterocycles. The van der Waals surface area contributed by atoms with Gasteiger partial charge < -0.3 is 10.5 Å². The minimum absolute atomic E-state index is 0.154. The summed E-state index contributed by atoms with van der Waals surface area (Å²) in [5, 5.41) is 0. The molecule has 1 aromatic carbocycles. The van der Waals surface area contributed by atoms with Crippen LogP contribution in [0, 0.1) is 5.41 Å². The van der Waals surface area contributed by atoms with Gasteiger partial charge in [-0.15, -0.1) is 0 Å². The number of nitrogens with two attached hydrogens (primary N) is 1. The highest BCUT2D eigenvalue weighted by atomic mass is 16.5. The summed E-state index contributed by atoms with van der Waals surface area (Å²) in [5.41, 5.74) is 9.15. The first kappa shape index (κ1) is 13.4. The van der Waals surface area contributed by atoms with Crippen molar-refractivity contribution in [2.45, 2.75) is 52.0 Å². The van der Waals surface area contributed by atoms with Crippen LogP contribution < -0.4 is 10.5 Å². The van der Waals surface area contributed by atoms with Gasteiger partial charge in [-0.25, -0.2) is 0 Å². The summed E-state index contributed by atoms with van der Waals surface area (Å²) in [6, 6.07) is 6.49. The van der Waals surface area contributed by atoms with Crippen LogP contribution in [-0.2, 0) is 12.0 Å². The molecule has 1 aliphatic carbocycles. The van der Waals surface area contributed by atoms with E-state index in [-0.39, 0.29) is 5.54 Å². The number of benzene rings is 1. The molecule has 0 heterocycles. The maximum Gasteiger partial charge on any atom is 0.123 e. The van der Waals surface area contributed by atoms with Crippen LogP contribution >= 0.6 is 0 Å². The van der Waals surface area contributed by atoms with Crippen molar-refractivity contribution in [2.24, 2.45) is 11.1 Å². The first-order valence-corrected chi connectivity index (χ1v) is 6.80. The lowest BCUT2D eigenvalue weighted by atomic mass is 9.71. The quantitative estimate of drug-likeness (QED) is 0.885. The van der Waals surface area contributed by atoms with Crippen molar-refractivity contribution in [3.8, 4) is 5.75 Å². The number of rotatable bonds is 3. The van der Waals surface area contributed by atoms with Crippen LogP contribution in [0.15, 0.2) is 18.2 Å². The lowest BCUT2D eigenvalue weighted by molar-refractivity contribution is 0.243. The summed E-state index contributed by atoms with van der Waals surface area (Å²) >= 11 is 0. The molecule has 18 heavy (non-hydrogen) atoms. The van der Waals surface area contributed by atoms with Crippen LogP contribution in [0.5, 0.6) is 5.75 Å². The molecule has 0 spiro atoms. The Morgan fingerprint density at radius 3 is 2.39 bits per heavy atom. The van der Waals surface area contributed by atoms with Gasteiger partial charge in [0.25, 0.3) is 0 Å². The molecular weight excluding hydrogens is 222 g/mol. The van der Waals surface area contributed by atoms with Gasteiger partial charge in [0.2, 0.25) is 0 Å². The molecule has 0 bridgehead atoms. The molecule has 2 nitrogen and oxygen atoms in total. The highest BCUT2D eigenvalue weighted by molar-refractivity contribution is 5.43. The summed E-state index contributed by atoms with van der Waals surface area (Å²) < 4.78 is 5.47. The molecular formula is C16H25NO. The van der Waals surface area contributed by atoms with Gasteiger partial charge in [0.1, 0.15) is 5.75 Å². The zero-order valence-corrected chi connectivity index (χ0v) is 12.0. The molecule has 0 atom stereocenters. The van der Waals surface area contributed by atoms with Crippen molar-refractivity contribution in [1.29, 1.82) is 0 Å². The Morgan fingerprint density at radius 1 is 1.28 bits per heavy atom. The normalized spacial score (nSPS) is 18.3. The second kappa shape index (κ2) is 4.58. The fraction of sp³-hybridized carbons (Fsp3) is 0.625. The van der Waals surface area contributed by atoms with Gasteiger partial charge in [-0.2, -0.15) is 0 Å². The Bertz CT molecular complexity index is 427. The van der Waals surface area contributed by atoms with Crippen LogP contribution in [0.4, 0.5) is 0 Å². The van der Waals surface area contributed by atoms with E-state index >= 15 is 0 Å². The molecule has 0 unspecified atom stereocenters. The minimum atomic E-state index is -0.154. The predicted octanol–water partition coefficient (Wildman–Crippen LogP) is 3.62. The monoisotopic (exact) mass is 247 g/mol. The van der Waals surface area contributed by atoms with Crippen molar-refractivity contribution in [1.82, 2.24) is 0 Å². The molecule has 0 aliphatic heterocycles. The molecule has 2 rings (SSSR count). The fourth-order valence-electron chi connectivity index (χ4n) is 2.69. The molecule has 1 fully saturated rings. The van der Waals surface area contributed by atoms with E-state index in [0.717, 1.165) is 25.0 Å². The van der Waals surface area contributed by atoms with Gasteiger partial charge in [-0.1, -0.05) is 32.9 Å². The molecule has 100 valence electrons. The van der Waals surface area contributed by atoms with Crippen molar-refractivity contribution < 1.29 is 4.74 Å². The van der Waals surface area contributed by atoms with Crippen LogP contribution in [0.3, 0.4) is 0 Å². The molecule has 1 aliphatic rings. The zero-order valence-electron chi connectivity index (χ0n) is 12.0. The number of methoxy groups -OCH3 is 1. The molecule has 1 saturated carbocycles. The third kappa shape index (κ3) is 2.69. The molecule has 2 heteroatoms. The van der Waals surface area contributed by atoms with E-state index in [1.54, 1.807) is 7.11 Å². The van der Waals surface area contributed by atoms with Crippen LogP contribution in [0.1, 0.15) is 51.2 Å². The average molecular weight is 247 g/mol. The Labute approximate surface area is 111 Å². The minimum Gasteiger partial charge on any atom is -0.496 e. The summed E-state index contributed by atoms with van der Waals surface area (Å²) in [6.45, 7) is 6.79. The van der Waals surface area contributed by atoms with Crippen molar-refractivity contribution in [3.05, 3.63) is 29.3 Å². The highest BCUT2D eigenvalue weighted by Gasteiger charge is 2.36. The Hall–Kier alpha value is -1.02. The smallest absolute Gasteiger partial charge is 0.123 e. The molecule has 0 radical (unpaired) electrons. The highest BCUT2D eigenvalue weighted by Crippen LogP contribution is 2.43. The van der Waals surface area contributed by atoms with Crippen molar-refractivity contribution in [3.63, 3.8) is 0 Å². The summed E-state index contributed by atoms with van der Waals surface area (Å²) in [7, 11) is 1.73. The summed E-state index contributed by atoms with van der Waals surface area (Å²) in [5.74, 6) is 0.940. The van der Waals surface area contributed by atoms with Gasteiger partial charge in [0.05, 0.1) is 7.11 Å². The molecule has 0 amide bonds. The van der Waals surface area contributed by atoms with Crippen molar-refractivity contribution >= 4 is 0 Å². The van der Waals surface area contributed by atoms with E-state index in [9.17, 15) is 0 Å². The molecule has 0 aromatic heterocycles. The van der Waals surface area contributed by atoms with Crippen LogP contribution in [0.25, 0.3) is 0 Å². The largest absolute Gasteiger partial charge is 0.496 e. The third-order valence-corrected chi connectivity index (χ3v) is 3.78. The second-order valence-electron chi connectivity index (χ2n) is 6.78. The fourth-order valence-corrected chi connectivity index (χ4v) is 2.69.